The normalized spacial score (nSPS) is 22.7. The molecule has 2 rings (SSSR count). The Morgan fingerprint density at radius 3 is 2.62 bits per heavy atom. The average molecular weight is 294 g/mol. The highest BCUT2D eigenvalue weighted by Gasteiger charge is 2.29. The van der Waals surface area contributed by atoms with Gasteiger partial charge >= 0.3 is 6.09 Å². The van der Waals surface area contributed by atoms with Gasteiger partial charge in [-0.1, -0.05) is 12.1 Å². The van der Waals surface area contributed by atoms with Crippen LogP contribution in [0.15, 0.2) is 24.3 Å². The molecule has 1 heterocycles. The third-order valence-corrected chi connectivity index (χ3v) is 3.39. The third-order valence-electron chi connectivity index (χ3n) is 3.39. The van der Waals surface area contributed by atoms with Crippen LogP contribution in [0.25, 0.3) is 0 Å². The average Bonchev–Trinajstić information content (AvgIpc) is 2.38. The molecule has 1 saturated heterocycles. The van der Waals surface area contributed by atoms with Gasteiger partial charge in [0.05, 0.1) is 12.1 Å². The van der Waals surface area contributed by atoms with Crippen LogP contribution >= 0.6 is 0 Å². The van der Waals surface area contributed by atoms with Crippen molar-refractivity contribution in [2.45, 2.75) is 51.3 Å². The number of halogens is 1. The Labute approximate surface area is 125 Å². The Balaban J connectivity index is 2.05. The molecule has 2 unspecified atom stereocenters. The summed E-state index contributed by atoms with van der Waals surface area (Å²) >= 11 is 0. The molecule has 1 aliphatic heterocycles. The summed E-state index contributed by atoms with van der Waals surface area (Å²) in [7, 11) is 0. The fourth-order valence-corrected chi connectivity index (χ4v) is 2.52. The number of nitrogens with one attached hydrogen (secondary N) is 2. The van der Waals surface area contributed by atoms with Crippen LogP contribution in [-0.2, 0) is 4.74 Å². The maximum Gasteiger partial charge on any atom is 0.407 e. The van der Waals surface area contributed by atoms with E-state index in [1.54, 1.807) is 12.1 Å². The van der Waals surface area contributed by atoms with Gasteiger partial charge in [0.25, 0.3) is 0 Å². The Hall–Kier alpha value is -1.62. The van der Waals surface area contributed by atoms with Crippen molar-refractivity contribution in [1.82, 2.24) is 10.6 Å². The van der Waals surface area contributed by atoms with Gasteiger partial charge in [-0.3, -0.25) is 0 Å². The number of amides is 1. The molecule has 0 bridgehead atoms. The van der Waals surface area contributed by atoms with Gasteiger partial charge in [0.2, 0.25) is 0 Å². The van der Waals surface area contributed by atoms with Crippen LogP contribution in [-0.4, -0.2) is 24.3 Å². The van der Waals surface area contributed by atoms with Crippen LogP contribution in [0.5, 0.6) is 0 Å². The van der Waals surface area contributed by atoms with Crippen LogP contribution in [0.4, 0.5) is 9.18 Å². The van der Waals surface area contributed by atoms with Crippen molar-refractivity contribution in [1.29, 1.82) is 0 Å². The lowest BCUT2D eigenvalue weighted by Gasteiger charge is -2.34. The van der Waals surface area contributed by atoms with Gasteiger partial charge in [-0.05, 0) is 57.9 Å². The van der Waals surface area contributed by atoms with E-state index >= 15 is 0 Å². The smallest absolute Gasteiger partial charge is 0.407 e. The molecular weight excluding hydrogens is 271 g/mol. The van der Waals surface area contributed by atoms with Crippen LogP contribution in [0.1, 0.15) is 45.2 Å². The molecule has 2 atom stereocenters. The van der Waals surface area contributed by atoms with Crippen molar-refractivity contribution in [3.8, 4) is 0 Å². The number of alkyl carbamates (subject to hydrolysis) is 1. The molecule has 2 N–H and O–H groups in total. The minimum Gasteiger partial charge on any atom is -0.444 e. The highest BCUT2D eigenvalue weighted by molar-refractivity contribution is 5.68. The molecule has 1 fully saturated rings. The molecular formula is C16H23FN2O2. The Bertz CT molecular complexity index is 482. The van der Waals surface area contributed by atoms with Gasteiger partial charge in [0.1, 0.15) is 11.4 Å². The third kappa shape index (κ3) is 4.70. The van der Waals surface area contributed by atoms with E-state index in [2.05, 4.69) is 10.6 Å². The summed E-state index contributed by atoms with van der Waals surface area (Å²) in [6.45, 7) is 6.39. The second-order valence-electron chi connectivity index (χ2n) is 6.38. The molecule has 1 amide bonds. The van der Waals surface area contributed by atoms with E-state index < -0.39 is 11.7 Å². The van der Waals surface area contributed by atoms with Crippen molar-refractivity contribution in [2.24, 2.45) is 0 Å². The van der Waals surface area contributed by atoms with Crippen LogP contribution < -0.4 is 10.6 Å². The molecule has 0 saturated carbocycles. The first-order valence-corrected chi connectivity index (χ1v) is 7.33. The quantitative estimate of drug-likeness (QED) is 0.881. The van der Waals surface area contributed by atoms with Crippen LogP contribution in [0, 0.1) is 5.82 Å². The zero-order chi connectivity index (χ0) is 15.5. The van der Waals surface area contributed by atoms with E-state index in [0.29, 0.717) is 0 Å². The highest BCUT2D eigenvalue weighted by atomic mass is 19.1. The molecule has 21 heavy (non-hydrogen) atoms. The SMILES string of the molecule is CC(C)(C)OC(=O)NC1CCCNC1c1ccc(F)cc1. The molecule has 0 aromatic heterocycles. The maximum atomic E-state index is 13.0. The van der Waals surface area contributed by atoms with Crippen molar-refractivity contribution >= 4 is 6.09 Å². The van der Waals surface area contributed by atoms with Gasteiger partial charge in [0.15, 0.2) is 0 Å². The van der Waals surface area contributed by atoms with E-state index in [4.69, 9.17) is 4.74 Å². The summed E-state index contributed by atoms with van der Waals surface area (Å²) < 4.78 is 18.3. The fourth-order valence-electron chi connectivity index (χ4n) is 2.52. The van der Waals surface area contributed by atoms with E-state index in [0.717, 1.165) is 24.9 Å². The predicted molar refractivity (Wildman–Crippen MR) is 79.5 cm³/mol. The van der Waals surface area contributed by atoms with E-state index in [9.17, 15) is 9.18 Å². The Kier molecular flexibility index (Phi) is 4.83. The second kappa shape index (κ2) is 6.43. The monoisotopic (exact) mass is 294 g/mol. The van der Waals surface area contributed by atoms with E-state index in [-0.39, 0.29) is 17.9 Å². The van der Waals surface area contributed by atoms with Crippen LogP contribution in [0.3, 0.4) is 0 Å². The van der Waals surface area contributed by atoms with Gasteiger partial charge in [0, 0.05) is 0 Å². The summed E-state index contributed by atoms with van der Waals surface area (Å²) in [5.74, 6) is -0.258. The van der Waals surface area contributed by atoms with Crippen molar-refractivity contribution in [3.05, 3.63) is 35.6 Å². The second-order valence-corrected chi connectivity index (χ2v) is 6.38. The van der Waals surface area contributed by atoms with Gasteiger partial charge in [-0.2, -0.15) is 0 Å². The molecule has 0 aliphatic carbocycles. The summed E-state index contributed by atoms with van der Waals surface area (Å²) in [4.78, 5) is 11.9. The number of benzene rings is 1. The molecule has 1 aromatic carbocycles. The summed E-state index contributed by atoms with van der Waals surface area (Å²) in [5.41, 5.74) is 0.453. The van der Waals surface area contributed by atoms with Crippen molar-refractivity contribution in [2.75, 3.05) is 6.54 Å². The van der Waals surface area contributed by atoms with Crippen molar-refractivity contribution in [3.63, 3.8) is 0 Å². The number of hydrogen-bond donors (Lipinski definition) is 2. The molecule has 5 heteroatoms. The summed E-state index contributed by atoms with van der Waals surface area (Å²) in [6, 6.07) is 6.31. The number of carbonyl (C=O) groups is 1. The molecule has 1 aliphatic rings. The molecule has 116 valence electrons. The first-order chi connectivity index (χ1) is 9.85. The van der Waals surface area contributed by atoms with Gasteiger partial charge < -0.3 is 15.4 Å². The largest absolute Gasteiger partial charge is 0.444 e. The summed E-state index contributed by atoms with van der Waals surface area (Å²) in [5, 5.41) is 6.30. The number of carbonyl (C=O) groups excluding carboxylic acids is 1. The number of ether oxygens (including phenoxy) is 1. The highest BCUT2D eigenvalue weighted by Crippen LogP contribution is 2.24. The number of rotatable bonds is 2. The number of piperidine rings is 1. The van der Waals surface area contributed by atoms with Crippen LogP contribution in [0.2, 0.25) is 0 Å². The first-order valence-electron chi connectivity index (χ1n) is 7.33. The Morgan fingerprint density at radius 2 is 2.00 bits per heavy atom. The minimum absolute atomic E-state index is 0.0214. The maximum absolute atomic E-state index is 13.0. The predicted octanol–water partition coefficient (Wildman–Crippen LogP) is 3.14. The van der Waals surface area contributed by atoms with Gasteiger partial charge in [-0.15, -0.1) is 0 Å². The minimum atomic E-state index is -0.516. The molecule has 0 radical (unpaired) electrons. The van der Waals surface area contributed by atoms with Crippen molar-refractivity contribution < 1.29 is 13.9 Å². The molecule has 1 aromatic rings. The summed E-state index contributed by atoms with van der Waals surface area (Å²) in [6.07, 6.45) is 1.44. The Morgan fingerprint density at radius 1 is 1.33 bits per heavy atom. The molecule has 0 spiro atoms. The zero-order valence-electron chi connectivity index (χ0n) is 12.8. The number of hydrogen-bond acceptors (Lipinski definition) is 3. The standard InChI is InChI=1S/C16H23FN2O2/c1-16(2,3)21-15(20)19-13-5-4-10-18-14(13)11-6-8-12(17)9-7-11/h6-9,13-14,18H,4-5,10H2,1-3H3,(H,19,20). The van der Waals surface area contributed by atoms with E-state index in [1.165, 1.54) is 12.1 Å². The topological polar surface area (TPSA) is 50.4 Å². The first kappa shape index (κ1) is 15.8. The lowest BCUT2D eigenvalue weighted by atomic mass is 9.92. The fraction of sp³-hybridized carbons (Fsp3) is 0.562. The molecule has 4 nitrogen and oxygen atoms in total. The zero-order valence-corrected chi connectivity index (χ0v) is 12.8. The lowest BCUT2D eigenvalue weighted by molar-refractivity contribution is 0.0481. The van der Waals surface area contributed by atoms with Gasteiger partial charge in [-0.25, -0.2) is 9.18 Å². The lowest BCUT2D eigenvalue weighted by Crippen LogP contribution is -2.49. The van der Waals surface area contributed by atoms with E-state index in [1.807, 2.05) is 20.8 Å².